The van der Waals surface area contributed by atoms with E-state index in [1.807, 2.05) is 58.9 Å². The minimum Gasteiger partial charge on any atom is -0.386 e. The zero-order chi connectivity index (χ0) is 25.8. The fraction of sp³-hybridized carbons (Fsp3) is 0.462. The largest absolute Gasteiger partial charge is 0.534 e. The number of alkyl halides is 3. The summed E-state index contributed by atoms with van der Waals surface area (Å²) in [5.74, 6) is -0.391. The first kappa shape index (κ1) is 27.9. The molecule has 0 spiro atoms. The SMILES string of the molecule is CCC(O)(/C=C/c1ccc(C(CC)(CC)c2ccc(OS(=O)(=O)C(F)(F)F)cc2)cc1C)CC. The zero-order valence-corrected chi connectivity index (χ0v) is 21.1. The van der Waals surface area contributed by atoms with Crippen LogP contribution in [0.15, 0.2) is 48.5 Å². The molecule has 0 fully saturated rings. The van der Waals surface area contributed by atoms with Crippen LogP contribution < -0.4 is 4.18 Å². The topological polar surface area (TPSA) is 63.6 Å². The molecule has 0 unspecified atom stereocenters. The average molecular weight is 499 g/mol. The summed E-state index contributed by atoms with van der Waals surface area (Å²) in [7, 11) is -5.72. The molecule has 0 heterocycles. The Kier molecular flexibility index (Phi) is 8.64. The quantitative estimate of drug-likeness (QED) is 0.286. The van der Waals surface area contributed by atoms with Crippen molar-refractivity contribution < 1.29 is 30.9 Å². The number of aryl methyl sites for hydroxylation is 1. The summed E-state index contributed by atoms with van der Waals surface area (Å²) < 4.78 is 64.7. The lowest BCUT2D eigenvalue weighted by molar-refractivity contribution is -0.0500. The van der Waals surface area contributed by atoms with Crippen molar-refractivity contribution in [1.82, 2.24) is 0 Å². The molecule has 2 aromatic carbocycles. The fourth-order valence-corrected chi connectivity index (χ4v) is 4.59. The second-order valence-electron chi connectivity index (χ2n) is 8.51. The van der Waals surface area contributed by atoms with Crippen molar-refractivity contribution in [2.75, 3.05) is 0 Å². The molecule has 0 radical (unpaired) electrons. The molecule has 0 aliphatic rings. The Morgan fingerprint density at radius 1 is 0.882 bits per heavy atom. The van der Waals surface area contributed by atoms with Crippen molar-refractivity contribution in [3.05, 3.63) is 70.8 Å². The lowest BCUT2D eigenvalue weighted by Gasteiger charge is -2.34. The van der Waals surface area contributed by atoms with Crippen LogP contribution in [0.2, 0.25) is 0 Å². The number of halogens is 3. The first-order chi connectivity index (χ1) is 15.8. The maximum Gasteiger partial charge on any atom is 0.534 e. The first-order valence-electron chi connectivity index (χ1n) is 11.4. The molecular weight excluding hydrogens is 465 g/mol. The Hall–Kier alpha value is -2.32. The normalized spacial score (nSPS) is 13.4. The summed E-state index contributed by atoms with van der Waals surface area (Å²) in [6.07, 6.45) is 6.45. The van der Waals surface area contributed by atoms with Gasteiger partial charge in [0.15, 0.2) is 0 Å². The molecule has 188 valence electrons. The van der Waals surface area contributed by atoms with Crippen LogP contribution in [0.5, 0.6) is 5.75 Å². The lowest BCUT2D eigenvalue weighted by atomic mass is 9.70. The average Bonchev–Trinajstić information content (AvgIpc) is 2.79. The molecule has 2 aromatic rings. The minimum atomic E-state index is -5.72. The van der Waals surface area contributed by atoms with Crippen molar-refractivity contribution in [1.29, 1.82) is 0 Å². The van der Waals surface area contributed by atoms with Gasteiger partial charge in [-0.2, -0.15) is 21.6 Å². The van der Waals surface area contributed by atoms with E-state index in [0.29, 0.717) is 12.8 Å². The molecule has 8 heteroatoms. The smallest absolute Gasteiger partial charge is 0.386 e. The van der Waals surface area contributed by atoms with Gasteiger partial charge in [0.05, 0.1) is 5.60 Å². The second kappa shape index (κ2) is 10.5. The standard InChI is InChI=1S/C26H33F3O4S/c1-6-24(30,7-2)17-16-20-10-11-22(18-19(20)5)25(8-3,9-4)21-12-14-23(15-13-21)33-34(31,32)26(27,28)29/h10-18,30H,6-9H2,1-5H3/b17-16+. The van der Waals surface area contributed by atoms with Crippen LogP contribution in [0.4, 0.5) is 13.2 Å². The monoisotopic (exact) mass is 498 g/mol. The molecule has 0 saturated carbocycles. The maximum atomic E-state index is 12.6. The third kappa shape index (κ3) is 5.84. The van der Waals surface area contributed by atoms with Crippen LogP contribution in [0.25, 0.3) is 6.08 Å². The number of rotatable bonds is 10. The van der Waals surface area contributed by atoms with Gasteiger partial charge in [-0.05, 0) is 67.0 Å². The Morgan fingerprint density at radius 2 is 1.41 bits per heavy atom. The predicted octanol–water partition coefficient (Wildman–Crippen LogP) is 6.89. The molecular formula is C26H33F3O4S. The predicted molar refractivity (Wildman–Crippen MR) is 129 cm³/mol. The van der Waals surface area contributed by atoms with E-state index in [0.717, 1.165) is 35.1 Å². The minimum absolute atomic E-state index is 0.391. The van der Waals surface area contributed by atoms with E-state index in [1.54, 1.807) is 12.1 Å². The van der Waals surface area contributed by atoms with Crippen molar-refractivity contribution in [3.63, 3.8) is 0 Å². The lowest BCUT2D eigenvalue weighted by Crippen LogP contribution is -2.28. The van der Waals surface area contributed by atoms with Crippen LogP contribution in [-0.4, -0.2) is 24.6 Å². The molecule has 0 bridgehead atoms. The van der Waals surface area contributed by atoms with E-state index in [1.165, 1.54) is 12.1 Å². The maximum absolute atomic E-state index is 12.6. The summed E-state index contributed by atoms with van der Waals surface area (Å²) in [6.45, 7) is 9.95. The van der Waals surface area contributed by atoms with E-state index in [9.17, 15) is 26.7 Å². The fourth-order valence-electron chi connectivity index (χ4n) is 4.13. The third-order valence-corrected chi connectivity index (χ3v) is 7.70. The van der Waals surface area contributed by atoms with E-state index in [-0.39, 0.29) is 0 Å². The highest BCUT2D eigenvalue weighted by Gasteiger charge is 2.48. The molecule has 4 nitrogen and oxygen atoms in total. The zero-order valence-electron chi connectivity index (χ0n) is 20.2. The second-order valence-corrected chi connectivity index (χ2v) is 10.0. The van der Waals surface area contributed by atoms with Gasteiger partial charge in [-0.15, -0.1) is 0 Å². The molecule has 1 N–H and O–H groups in total. The van der Waals surface area contributed by atoms with E-state index >= 15 is 0 Å². The van der Waals surface area contributed by atoms with Gasteiger partial charge < -0.3 is 9.29 Å². The van der Waals surface area contributed by atoms with Crippen LogP contribution in [0.1, 0.15) is 75.6 Å². The summed E-state index contributed by atoms with van der Waals surface area (Å²) in [5, 5.41) is 10.5. The van der Waals surface area contributed by atoms with Crippen molar-refractivity contribution in [2.45, 2.75) is 76.8 Å². The summed E-state index contributed by atoms with van der Waals surface area (Å²) in [6, 6.07) is 11.8. The summed E-state index contributed by atoms with van der Waals surface area (Å²) in [4.78, 5) is 0. The van der Waals surface area contributed by atoms with E-state index in [2.05, 4.69) is 10.2 Å². The van der Waals surface area contributed by atoms with Gasteiger partial charge in [-0.25, -0.2) is 0 Å². The number of benzene rings is 2. The Labute approximate surface area is 200 Å². The van der Waals surface area contributed by atoms with Gasteiger partial charge in [0, 0.05) is 5.41 Å². The van der Waals surface area contributed by atoms with E-state index < -0.39 is 32.4 Å². The summed E-state index contributed by atoms with van der Waals surface area (Å²) in [5.41, 5.74) is -2.82. The third-order valence-electron chi connectivity index (χ3n) is 6.72. The van der Waals surface area contributed by atoms with Crippen LogP contribution in [0, 0.1) is 6.92 Å². The van der Waals surface area contributed by atoms with Crippen LogP contribution >= 0.6 is 0 Å². The van der Waals surface area contributed by atoms with Gasteiger partial charge in [-0.3, -0.25) is 0 Å². The summed E-state index contributed by atoms with van der Waals surface area (Å²) >= 11 is 0. The molecule has 0 aliphatic carbocycles. The number of aliphatic hydroxyl groups is 1. The van der Waals surface area contributed by atoms with E-state index in [4.69, 9.17) is 0 Å². The number of hydrogen-bond acceptors (Lipinski definition) is 4. The van der Waals surface area contributed by atoms with Gasteiger partial charge in [0.25, 0.3) is 0 Å². The molecule has 34 heavy (non-hydrogen) atoms. The van der Waals surface area contributed by atoms with Gasteiger partial charge in [0.2, 0.25) is 0 Å². The highest BCUT2D eigenvalue weighted by Crippen LogP contribution is 2.40. The van der Waals surface area contributed by atoms with Crippen molar-refractivity contribution in [3.8, 4) is 5.75 Å². The van der Waals surface area contributed by atoms with Gasteiger partial charge >= 0.3 is 15.6 Å². The van der Waals surface area contributed by atoms with Crippen molar-refractivity contribution >= 4 is 16.2 Å². The molecule has 0 atom stereocenters. The molecule has 0 amide bonds. The Morgan fingerprint density at radius 3 is 1.85 bits per heavy atom. The Bertz CT molecular complexity index is 1100. The van der Waals surface area contributed by atoms with Crippen molar-refractivity contribution in [2.24, 2.45) is 0 Å². The molecule has 0 aromatic heterocycles. The molecule has 0 saturated heterocycles. The Balaban J connectivity index is 2.41. The van der Waals surface area contributed by atoms with Gasteiger partial charge in [0.1, 0.15) is 5.75 Å². The van der Waals surface area contributed by atoms with Crippen LogP contribution in [-0.2, 0) is 15.5 Å². The van der Waals surface area contributed by atoms with Crippen LogP contribution in [0.3, 0.4) is 0 Å². The number of hydrogen-bond donors (Lipinski definition) is 1. The first-order valence-corrected chi connectivity index (χ1v) is 12.8. The molecule has 0 aliphatic heterocycles. The highest BCUT2D eigenvalue weighted by atomic mass is 32.2. The van der Waals surface area contributed by atoms with Gasteiger partial charge in [-0.1, -0.05) is 70.2 Å². The highest BCUT2D eigenvalue weighted by molar-refractivity contribution is 7.88. The molecule has 2 rings (SSSR count).